The van der Waals surface area contributed by atoms with Gasteiger partial charge in [-0.2, -0.15) is 0 Å². The van der Waals surface area contributed by atoms with Gasteiger partial charge in [-0.05, 0) is 59.2 Å². The van der Waals surface area contributed by atoms with Crippen molar-refractivity contribution in [2.75, 3.05) is 7.05 Å². The highest BCUT2D eigenvalue weighted by Gasteiger charge is 2.18. The van der Waals surface area contributed by atoms with Crippen LogP contribution in [0.2, 0.25) is 0 Å². The lowest BCUT2D eigenvalue weighted by atomic mass is 9.98. The Labute approximate surface area is 128 Å². The second kappa shape index (κ2) is 6.58. The lowest BCUT2D eigenvalue weighted by Gasteiger charge is -2.18. The summed E-state index contributed by atoms with van der Waals surface area (Å²) in [7, 11) is 1.59. The third kappa shape index (κ3) is 3.63. The molecule has 0 fully saturated rings. The van der Waals surface area contributed by atoms with E-state index in [-0.39, 0.29) is 16.5 Å². The molecule has 1 unspecified atom stereocenters. The van der Waals surface area contributed by atoms with E-state index in [1.165, 1.54) is 6.07 Å². The number of hydrogen-bond donors (Lipinski definition) is 1. The Morgan fingerprint density at radius 3 is 2.29 bits per heavy atom. The van der Waals surface area contributed by atoms with Gasteiger partial charge in [0, 0.05) is 11.6 Å². The first kappa shape index (κ1) is 16.0. The number of benzene rings is 2. The monoisotopic (exact) mass is 361 g/mol. The average molecular weight is 362 g/mol. The summed E-state index contributed by atoms with van der Waals surface area (Å²) in [6.07, 6.45) is 0.200. The minimum atomic E-state index is -0.968. The highest BCUT2D eigenvalue weighted by molar-refractivity contribution is 9.10. The maximum absolute atomic E-state index is 13.9. The van der Waals surface area contributed by atoms with Crippen molar-refractivity contribution in [2.45, 2.75) is 12.5 Å². The van der Waals surface area contributed by atoms with Gasteiger partial charge in [0.25, 0.3) is 0 Å². The van der Waals surface area contributed by atoms with Crippen molar-refractivity contribution in [3.63, 3.8) is 0 Å². The molecule has 0 aromatic heterocycles. The highest BCUT2D eigenvalue weighted by atomic mass is 79.9. The van der Waals surface area contributed by atoms with E-state index in [1.54, 1.807) is 7.05 Å². The van der Waals surface area contributed by atoms with Crippen LogP contribution in [-0.4, -0.2) is 7.05 Å². The molecule has 0 spiro atoms. The van der Waals surface area contributed by atoms with Gasteiger partial charge in [0.05, 0.1) is 4.47 Å². The molecule has 0 aliphatic rings. The number of likely N-dealkylation sites (N-methyl/N-ethyl adjacent to an activating group) is 1. The summed E-state index contributed by atoms with van der Waals surface area (Å²) in [6.45, 7) is 0. The summed E-state index contributed by atoms with van der Waals surface area (Å²) in [5.74, 6) is -3.08. The van der Waals surface area contributed by atoms with Gasteiger partial charge < -0.3 is 5.32 Å². The van der Waals surface area contributed by atoms with Gasteiger partial charge in [-0.1, -0.05) is 6.07 Å². The SMILES string of the molecule is CNC(Cc1ccc(F)c(F)c1)c1cc(F)c(Br)cc1F. The van der Waals surface area contributed by atoms with Gasteiger partial charge in [0.2, 0.25) is 0 Å². The quantitative estimate of drug-likeness (QED) is 0.624. The maximum Gasteiger partial charge on any atom is 0.159 e. The fourth-order valence-electron chi connectivity index (χ4n) is 2.07. The molecule has 2 aromatic rings. The zero-order chi connectivity index (χ0) is 15.6. The molecule has 112 valence electrons. The molecule has 0 heterocycles. The predicted octanol–water partition coefficient (Wildman–Crippen LogP) is 4.51. The Morgan fingerprint density at radius 1 is 0.952 bits per heavy atom. The Hall–Kier alpha value is -1.40. The van der Waals surface area contributed by atoms with Crippen LogP contribution in [0.15, 0.2) is 34.8 Å². The van der Waals surface area contributed by atoms with Gasteiger partial charge in [-0.15, -0.1) is 0 Å². The van der Waals surface area contributed by atoms with E-state index in [0.717, 1.165) is 24.3 Å². The molecule has 2 rings (SSSR count). The zero-order valence-corrected chi connectivity index (χ0v) is 12.6. The first-order valence-corrected chi connectivity index (χ1v) is 6.97. The molecule has 0 aliphatic carbocycles. The Kier molecular flexibility index (Phi) is 5.00. The van der Waals surface area contributed by atoms with Crippen LogP contribution in [0.1, 0.15) is 17.2 Å². The summed E-state index contributed by atoms with van der Waals surface area (Å²) in [5, 5.41) is 2.85. The predicted molar refractivity (Wildman–Crippen MR) is 75.9 cm³/mol. The molecule has 2 aromatic carbocycles. The van der Waals surface area contributed by atoms with E-state index >= 15 is 0 Å². The Balaban J connectivity index is 2.31. The second-order valence-electron chi connectivity index (χ2n) is 4.58. The molecule has 1 N–H and O–H groups in total. The Bertz CT molecular complexity index is 660. The summed E-state index contributed by atoms with van der Waals surface area (Å²) in [5.41, 5.74) is 0.610. The van der Waals surface area contributed by atoms with Crippen LogP contribution in [-0.2, 0) is 6.42 Å². The van der Waals surface area contributed by atoms with Gasteiger partial charge >= 0.3 is 0 Å². The van der Waals surface area contributed by atoms with E-state index in [4.69, 9.17) is 0 Å². The summed E-state index contributed by atoms with van der Waals surface area (Å²) < 4.78 is 53.6. The van der Waals surface area contributed by atoms with E-state index in [1.807, 2.05) is 0 Å². The molecule has 21 heavy (non-hydrogen) atoms. The van der Waals surface area contributed by atoms with Crippen LogP contribution in [0, 0.1) is 23.3 Å². The summed E-state index contributed by atoms with van der Waals surface area (Å²) in [4.78, 5) is 0. The largest absolute Gasteiger partial charge is 0.313 e. The molecule has 0 radical (unpaired) electrons. The fraction of sp³-hybridized carbons (Fsp3) is 0.200. The van der Waals surface area contributed by atoms with Crippen molar-refractivity contribution in [2.24, 2.45) is 0 Å². The highest BCUT2D eigenvalue weighted by Crippen LogP contribution is 2.26. The van der Waals surface area contributed by atoms with Crippen molar-refractivity contribution < 1.29 is 17.6 Å². The van der Waals surface area contributed by atoms with Crippen molar-refractivity contribution in [3.05, 3.63) is 69.2 Å². The molecule has 1 atom stereocenters. The second-order valence-corrected chi connectivity index (χ2v) is 5.44. The number of halogens is 5. The van der Waals surface area contributed by atoms with Crippen molar-refractivity contribution in [1.82, 2.24) is 5.32 Å². The zero-order valence-electron chi connectivity index (χ0n) is 11.1. The molecule has 0 saturated heterocycles. The molecular weight excluding hydrogens is 350 g/mol. The van der Waals surface area contributed by atoms with E-state index < -0.39 is 29.3 Å². The van der Waals surface area contributed by atoms with Crippen molar-refractivity contribution >= 4 is 15.9 Å². The molecule has 0 bridgehead atoms. The average Bonchev–Trinajstić information content (AvgIpc) is 2.44. The van der Waals surface area contributed by atoms with Gasteiger partial charge in [0.1, 0.15) is 11.6 Å². The summed E-state index contributed by atoms with van der Waals surface area (Å²) >= 11 is 2.91. The molecular formula is C15H12BrF4N. The van der Waals surface area contributed by atoms with Crippen LogP contribution in [0.3, 0.4) is 0 Å². The topological polar surface area (TPSA) is 12.0 Å². The standard InChI is InChI=1S/C15H12BrF4N/c1-21-15(5-8-2-3-11(17)14(20)4-8)9-6-13(19)10(16)7-12(9)18/h2-4,6-7,15,21H,5H2,1H3. The first-order chi connectivity index (χ1) is 9.92. The lowest BCUT2D eigenvalue weighted by molar-refractivity contribution is 0.500. The van der Waals surface area contributed by atoms with E-state index in [2.05, 4.69) is 21.2 Å². The lowest BCUT2D eigenvalue weighted by Crippen LogP contribution is -2.20. The summed E-state index contributed by atoms with van der Waals surface area (Å²) in [6, 6.07) is 5.04. The Morgan fingerprint density at radius 2 is 1.67 bits per heavy atom. The van der Waals surface area contributed by atoms with Gasteiger partial charge in [0.15, 0.2) is 11.6 Å². The smallest absolute Gasteiger partial charge is 0.159 e. The third-order valence-electron chi connectivity index (χ3n) is 3.19. The van der Waals surface area contributed by atoms with E-state index in [9.17, 15) is 17.6 Å². The van der Waals surface area contributed by atoms with E-state index in [0.29, 0.717) is 5.56 Å². The number of rotatable bonds is 4. The normalized spacial score (nSPS) is 12.5. The van der Waals surface area contributed by atoms with Crippen LogP contribution < -0.4 is 5.32 Å². The molecule has 0 amide bonds. The van der Waals surface area contributed by atoms with Crippen LogP contribution in [0.5, 0.6) is 0 Å². The van der Waals surface area contributed by atoms with Crippen LogP contribution >= 0.6 is 15.9 Å². The van der Waals surface area contributed by atoms with Gasteiger partial charge in [-0.25, -0.2) is 17.6 Å². The number of nitrogens with one attached hydrogen (secondary N) is 1. The molecule has 0 aliphatic heterocycles. The first-order valence-electron chi connectivity index (χ1n) is 6.18. The van der Waals surface area contributed by atoms with Crippen molar-refractivity contribution in [1.29, 1.82) is 0 Å². The minimum absolute atomic E-state index is 0.0337. The molecule has 6 heteroatoms. The van der Waals surface area contributed by atoms with Crippen LogP contribution in [0.4, 0.5) is 17.6 Å². The van der Waals surface area contributed by atoms with Gasteiger partial charge in [-0.3, -0.25) is 0 Å². The molecule has 1 nitrogen and oxygen atoms in total. The third-order valence-corrected chi connectivity index (χ3v) is 3.80. The fourth-order valence-corrected chi connectivity index (χ4v) is 2.39. The van der Waals surface area contributed by atoms with Crippen LogP contribution in [0.25, 0.3) is 0 Å². The number of hydrogen-bond acceptors (Lipinski definition) is 1. The molecule has 0 saturated carbocycles. The van der Waals surface area contributed by atoms with Crippen molar-refractivity contribution in [3.8, 4) is 0 Å². The minimum Gasteiger partial charge on any atom is -0.313 e. The maximum atomic E-state index is 13.9.